The van der Waals surface area contributed by atoms with Crippen molar-refractivity contribution in [3.8, 4) is 0 Å². The Morgan fingerprint density at radius 1 is 1.40 bits per heavy atom. The van der Waals surface area contributed by atoms with E-state index in [1.54, 1.807) is 37.0 Å². The van der Waals surface area contributed by atoms with E-state index in [2.05, 4.69) is 10.6 Å². The third-order valence-corrected chi connectivity index (χ3v) is 3.59. The van der Waals surface area contributed by atoms with Crippen LogP contribution in [0.25, 0.3) is 0 Å². The fourth-order valence-electron chi connectivity index (χ4n) is 1.69. The summed E-state index contributed by atoms with van der Waals surface area (Å²) in [5, 5.41) is 5.36. The number of nitrogens with two attached hydrogens (primary N) is 1. The molecule has 6 heteroatoms. The monoisotopic (exact) mass is 295 g/mol. The number of benzene rings is 1. The lowest BCUT2D eigenvalue weighted by molar-refractivity contribution is -0.117. The molecule has 5 nitrogen and oxygen atoms in total. The molecule has 1 aromatic rings. The summed E-state index contributed by atoms with van der Waals surface area (Å²) in [5.41, 5.74) is 7.89. The molecule has 0 bridgehead atoms. The Labute approximate surface area is 123 Å². The first-order valence-corrected chi connectivity index (χ1v) is 7.77. The van der Waals surface area contributed by atoms with Crippen LogP contribution in [0.3, 0.4) is 0 Å². The van der Waals surface area contributed by atoms with Gasteiger partial charge in [-0.1, -0.05) is 0 Å². The molecule has 1 atom stereocenters. The van der Waals surface area contributed by atoms with E-state index in [0.29, 0.717) is 17.7 Å². The van der Waals surface area contributed by atoms with Crippen LogP contribution in [-0.2, 0) is 4.79 Å². The quantitative estimate of drug-likeness (QED) is 0.740. The maximum Gasteiger partial charge on any atom is 0.251 e. The molecule has 0 aromatic heterocycles. The SMILES string of the molecule is CNC(=O)c1ccc(NC(=O)[C@@H](N)CCSC)c(C)c1. The molecule has 0 radical (unpaired) electrons. The van der Waals surface area contributed by atoms with Gasteiger partial charge in [0.2, 0.25) is 5.91 Å². The highest BCUT2D eigenvalue weighted by Crippen LogP contribution is 2.17. The zero-order valence-electron chi connectivity index (χ0n) is 12.0. The molecule has 0 aliphatic carbocycles. The van der Waals surface area contributed by atoms with Gasteiger partial charge in [0.1, 0.15) is 0 Å². The fourth-order valence-corrected chi connectivity index (χ4v) is 2.18. The molecule has 0 saturated carbocycles. The maximum atomic E-state index is 11.9. The van der Waals surface area contributed by atoms with E-state index in [9.17, 15) is 9.59 Å². The van der Waals surface area contributed by atoms with Crippen LogP contribution < -0.4 is 16.4 Å². The smallest absolute Gasteiger partial charge is 0.251 e. The van der Waals surface area contributed by atoms with Crippen LogP contribution in [0, 0.1) is 6.92 Å². The van der Waals surface area contributed by atoms with E-state index in [-0.39, 0.29) is 11.8 Å². The first kappa shape index (κ1) is 16.5. The summed E-state index contributed by atoms with van der Waals surface area (Å²) in [6.45, 7) is 1.84. The molecule has 0 unspecified atom stereocenters. The molecule has 0 fully saturated rings. The molecule has 2 amide bonds. The van der Waals surface area contributed by atoms with Crippen molar-refractivity contribution in [3.63, 3.8) is 0 Å². The second-order valence-corrected chi connectivity index (χ2v) is 5.47. The van der Waals surface area contributed by atoms with Crippen molar-refractivity contribution in [1.29, 1.82) is 0 Å². The Morgan fingerprint density at radius 2 is 2.10 bits per heavy atom. The van der Waals surface area contributed by atoms with E-state index in [1.807, 2.05) is 13.2 Å². The number of thioether (sulfide) groups is 1. The summed E-state index contributed by atoms with van der Waals surface area (Å²) in [7, 11) is 1.58. The molecule has 4 N–H and O–H groups in total. The van der Waals surface area contributed by atoms with E-state index in [1.165, 1.54) is 0 Å². The number of carbonyl (C=O) groups excluding carboxylic acids is 2. The Bertz CT molecular complexity index is 491. The minimum absolute atomic E-state index is 0.150. The van der Waals surface area contributed by atoms with Gasteiger partial charge in [-0.25, -0.2) is 0 Å². The highest BCUT2D eigenvalue weighted by Gasteiger charge is 2.14. The number of nitrogens with one attached hydrogen (secondary N) is 2. The second kappa shape index (κ2) is 7.91. The van der Waals surface area contributed by atoms with E-state index < -0.39 is 6.04 Å². The highest BCUT2D eigenvalue weighted by atomic mass is 32.2. The lowest BCUT2D eigenvalue weighted by atomic mass is 10.1. The fraction of sp³-hybridized carbons (Fsp3) is 0.429. The average molecular weight is 295 g/mol. The summed E-state index contributed by atoms with van der Waals surface area (Å²) in [5.74, 6) is 0.501. The van der Waals surface area contributed by atoms with Gasteiger partial charge in [-0.3, -0.25) is 9.59 Å². The Balaban J connectivity index is 2.73. The minimum atomic E-state index is -0.513. The van der Waals surface area contributed by atoms with Crippen molar-refractivity contribution in [1.82, 2.24) is 5.32 Å². The molecule has 1 aromatic carbocycles. The summed E-state index contributed by atoms with van der Waals surface area (Å²) in [4.78, 5) is 23.4. The molecule has 0 saturated heterocycles. The zero-order chi connectivity index (χ0) is 15.1. The Hall–Kier alpha value is -1.53. The minimum Gasteiger partial charge on any atom is -0.355 e. The number of amides is 2. The van der Waals surface area contributed by atoms with Crippen molar-refractivity contribution in [2.24, 2.45) is 5.73 Å². The maximum absolute atomic E-state index is 11.9. The molecule has 0 spiro atoms. The lowest BCUT2D eigenvalue weighted by Gasteiger charge is -2.14. The zero-order valence-corrected chi connectivity index (χ0v) is 12.8. The number of carbonyl (C=O) groups is 2. The van der Waals surface area contributed by atoms with Crippen molar-refractivity contribution in [3.05, 3.63) is 29.3 Å². The first-order valence-electron chi connectivity index (χ1n) is 6.37. The van der Waals surface area contributed by atoms with Crippen LogP contribution in [0.4, 0.5) is 5.69 Å². The Morgan fingerprint density at radius 3 is 2.65 bits per heavy atom. The predicted molar refractivity (Wildman–Crippen MR) is 84.2 cm³/mol. The number of rotatable bonds is 6. The third-order valence-electron chi connectivity index (χ3n) is 2.94. The van der Waals surface area contributed by atoms with Crippen molar-refractivity contribution < 1.29 is 9.59 Å². The molecule has 1 rings (SSSR count). The van der Waals surface area contributed by atoms with Crippen LogP contribution in [0.15, 0.2) is 18.2 Å². The standard InChI is InChI=1S/C14H21N3O2S/c1-9-8-10(13(18)16-2)4-5-12(9)17-14(19)11(15)6-7-20-3/h4-5,8,11H,6-7,15H2,1-3H3,(H,16,18)(H,17,19)/t11-/m0/s1. The van der Waals surface area contributed by atoms with Gasteiger partial charge in [0.25, 0.3) is 5.91 Å². The van der Waals surface area contributed by atoms with Crippen LogP contribution >= 0.6 is 11.8 Å². The lowest BCUT2D eigenvalue weighted by Crippen LogP contribution is -2.36. The van der Waals surface area contributed by atoms with Crippen LogP contribution in [0.2, 0.25) is 0 Å². The van der Waals surface area contributed by atoms with Gasteiger partial charge in [0, 0.05) is 18.3 Å². The van der Waals surface area contributed by atoms with Gasteiger partial charge < -0.3 is 16.4 Å². The molecule has 20 heavy (non-hydrogen) atoms. The van der Waals surface area contributed by atoms with Crippen LogP contribution in [0.5, 0.6) is 0 Å². The third kappa shape index (κ3) is 4.54. The van der Waals surface area contributed by atoms with Gasteiger partial charge in [-0.15, -0.1) is 0 Å². The van der Waals surface area contributed by atoms with Gasteiger partial charge in [-0.05, 0) is 49.1 Å². The van der Waals surface area contributed by atoms with E-state index in [4.69, 9.17) is 5.73 Å². The number of hydrogen-bond donors (Lipinski definition) is 3. The summed E-state index contributed by atoms with van der Waals surface area (Å²) >= 11 is 1.66. The number of anilines is 1. The largest absolute Gasteiger partial charge is 0.355 e. The molecule has 0 aliphatic rings. The van der Waals surface area contributed by atoms with Crippen molar-refractivity contribution >= 4 is 29.3 Å². The number of hydrogen-bond acceptors (Lipinski definition) is 4. The average Bonchev–Trinajstić information content (AvgIpc) is 2.45. The summed E-state index contributed by atoms with van der Waals surface area (Å²) < 4.78 is 0. The topological polar surface area (TPSA) is 84.2 Å². The first-order chi connectivity index (χ1) is 9.49. The van der Waals surface area contributed by atoms with Crippen molar-refractivity contribution in [2.75, 3.05) is 24.4 Å². The van der Waals surface area contributed by atoms with Crippen LogP contribution in [-0.4, -0.2) is 36.9 Å². The van der Waals surface area contributed by atoms with Gasteiger partial charge in [0.05, 0.1) is 6.04 Å². The molecular formula is C14H21N3O2S. The van der Waals surface area contributed by atoms with Gasteiger partial charge in [0.15, 0.2) is 0 Å². The predicted octanol–water partition coefficient (Wildman–Crippen LogP) is 1.37. The van der Waals surface area contributed by atoms with Gasteiger partial charge in [-0.2, -0.15) is 11.8 Å². The number of aryl methyl sites for hydroxylation is 1. The van der Waals surface area contributed by atoms with E-state index in [0.717, 1.165) is 11.3 Å². The summed E-state index contributed by atoms with van der Waals surface area (Å²) in [6.07, 6.45) is 2.62. The van der Waals surface area contributed by atoms with E-state index >= 15 is 0 Å². The molecule has 110 valence electrons. The molecule has 0 aliphatic heterocycles. The highest BCUT2D eigenvalue weighted by molar-refractivity contribution is 7.98. The Kier molecular flexibility index (Phi) is 6.54. The molecule has 0 heterocycles. The van der Waals surface area contributed by atoms with Gasteiger partial charge >= 0.3 is 0 Å². The van der Waals surface area contributed by atoms with Crippen LogP contribution in [0.1, 0.15) is 22.3 Å². The second-order valence-electron chi connectivity index (χ2n) is 4.49. The normalized spacial score (nSPS) is 11.8. The van der Waals surface area contributed by atoms with Crippen molar-refractivity contribution in [2.45, 2.75) is 19.4 Å². The molecular weight excluding hydrogens is 274 g/mol. The summed E-state index contributed by atoms with van der Waals surface area (Å²) in [6, 6.07) is 4.62.